The van der Waals surface area contributed by atoms with Crippen LogP contribution in [0.4, 0.5) is 8.78 Å². The average Bonchev–Trinajstić information content (AvgIpc) is 2.97. The summed E-state index contributed by atoms with van der Waals surface area (Å²) in [6, 6.07) is 2.51. The molecule has 1 N–H and O–H groups in total. The first-order valence-corrected chi connectivity index (χ1v) is 7.77. The molecular formula is C15H20BrF2NO. The molecule has 0 saturated carbocycles. The van der Waals surface area contributed by atoms with Gasteiger partial charge in [-0.2, -0.15) is 0 Å². The molecule has 0 radical (unpaired) electrons. The second-order valence-corrected chi connectivity index (χ2v) is 6.42. The van der Waals surface area contributed by atoms with Gasteiger partial charge in [-0.3, -0.25) is 4.90 Å². The zero-order valence-electron chi connectivity index (χ0n) is 11.8. The van der Waals surface area contributed by atoms with E-state index in [2.05, 4.69) is 20.8 Å². The molecule has 112 valence electrons. The molecule has 1 saturated heterocycles. The molecule has 20 heavy (non-hydrogen) atoms. The predicted molar refractivity (Wildman–Crippen MR) is 78.5 cm³/mol. The van der Waals surface area contributed by atoms with Crippen molar-refractivity contribution in [2.75, 3.05) is 13.1 Å². The predicted octanol–water partition coefficient (Wildman–Crippen LogP) is 4.03. The van der Waals surface area contributed by atoms with Crippen molar-refractivity contribution < 1.29 is 13.9 Å². The number of nitrogens with zero attached hydrogens (tertiary/aromatic N) is 1. The number of benzene rings is 1. The molecule has 2 atom stereocenters. The monoisotopic (exact) mass is 347 g/mol. The number of likely N-dealkylation sites (tertiary alicyclic amines) is 1. The Morgan fingerprint density at radius 3 is 2.50 bits per heavy atom. The van der Waals surface area contributed by atoms with Crippen LogP contribution in [0.2, 0.25) is 0 Å². The molecule has 1 fully saturated rings. The van der Waals surface area contributed by atoms with Gasteiger partial charge in [0.05, 0.1) is 10.0 Å². The van der Waals surface area contributed by atoms with Crippen LogP contribution in [0.3, 0.4) is 0 Å². The van der Waals surface area contributed by atoms with Crippen molar-refractivity contribution in [3.8, 4) is 0 Å². The van der Waals surface area contributed by atoms with Crippen LogP contribution in [0.25, 0.3) is 0 Å². The van der Waals surface area contributed by atoms with E-state index in [0.29, 0.717) is 6.42 Å². The Bertz CT molecular complexity index is 491. The van der Waals surface area contributed by atoms with Gasteiger partial charge in [-0.15, -0.1) is 0 Å². The van der Waals surface area contributed by atoms with Crippen LogP contribution in [-0.2, 0) is 0 Å². The number of aliphatic hydroxyl groups is 1. The van der Waals surface area contributed by atoms with Crippen LogP contribution in [0.5, 0.6) is 0 Å². The number of halogens is 3. The minimum atomic E-state index is -1.19. The highest BCUT2D eigenvalue weighted by atomic mass is 79.9. The molecule has 1 aliphatic heterocycles. The lowest BCUT2D eigenvalue weighted by atomic mass is 9.85. The molecule has 2 nitrogen and oxygen atoms in total. The molecule has 0 aliphatic carbocycles. The van der Waals surface area contributed by atoms with Gasteiger partial charge < -0.3 is 5.11 Å². The number of hydrogen-bond donors (Lipinski definition) is 1. The normalized spacial score (nSPS) is 20.9. The molecular weight excluding hydrogens is 328 g/mol. The van der Waals surface area contributed by atoms with E-state index in [1.165, 1.54) is 12.1 Å². The zero-order chi connectivity index (χ0) is 14.9. The second kappa shape index (κ2) is 6.08. The Morgan fingerprint density at radius 2 is 1.95 bits per heavy atom. The summed E-state index contributed by atoms with van der Waals surface area (Å²) in [5.41, 5.74) is -0.894. The van der Waals surface area contributed by atoms with E-state index in [1.54, 1.807) is 0 Å². The Labute approximate surface area is 126 Å². The van der Waals surface area contributed by atoms with Crippen molar-refractivity contribution in [3.05, 3.63) is 33.8 Å². The van der Waals surface area contributed by atoms with E-state index in [4.69, 9.17) is 0 Å². The van der Waals surface area contributed by atoms with E-state index in [0.717, 1.165) is 25.9 Å². The van der Waals surface area contributed by atoms with Crippen LogP contribution >= 0.6 is 15.9 Å². The Balaban J connectivity index is 2.43. The second-order valence-electron chi connectivity index (χ2n) is 5.56. The van der Waals surface area contributed by atoms with Gasteiger partial charge in [-0.1, -0.05) is 6.92 Å². The molecule has 1 aromatic carbocycles. The fraction of sp³-hybridized carbons (Fsp3) is 0.600. The maximum atomic E-state index is 14.2. The molecule has 0 amide bonds. The van der Waals surface area contributed by atoms with Crippen LogP contribution in [0.1, 0.15) is 44.8 Å². The van der Waals surface area contributed by atoms with E-state index >= 15 is 0 Å². The highest BCUT2D eigenvalue weighted by molar-refractivity contribution is 9.10. The van der Waals surface area contributed by atoms with E-state index in [9.17, 15) is 13.9 Å². The molecule has 0 bridgehead atoms. The summed E-state index contributed by atoms with van der Waals surface area (Å²) in [5.74, 6) is -1.41. The average molecular weight is 348 g/mol. The third-order valence-electron chi connectivity index (χ3n) is 4.49. The molecule has 1 heterocycles. The smallest absolute Gasteiger partial charge is 0.146 e. The van der Waals surface area contributed by atoms with Crippen molar-refractivity contribution >= 4 is 15.9 Å². The fourth-order valence-electron chi connectivity index (χ4n) is 2.92. The molecule has 2 rings (SSSR count). The fourth-order valence-corrected chi connectivity index (χ4v) is 3.27. The van der Waals surface area contributed by atoms with E-state index < -0.39 is 23.3 Å². The summed E-state index contributed by atoms with van der Waals surface area (Å²) in [6.45, 7) is 5.54. The molecule has 5 heteroatoms. The van der Waals surface area contributed by atoms with Crippen molar-refractivity contribution in [1.82, 2.24) is 4.90 Å². The molecule has 2 unspecified atom stereocenters. The largest absolute Gasteiger partial charge is 0.386 e. The van der Waals surface area contributed by atoms with Gasteiger partial charge in [0.1, 0.15) is 17.7 Å². The zero-order valence-corrected chi connectivity index (χ0v) is 13.4. The lowest BCUT2D eigenvalue weighted by molar-refractivity contribution is -0.0178. The molecule has 1 aliphatic rings. The summed E-state index contributed by atoms with van der Waals surface area (Å²) in [5, 5.41) is 10.6. The van der Waals surface area contributed by atoms with Gasteiger partial charge in [-0.25, -0.2) is 8.78 Å². The lowest BCUT2D eigenvalue weighted by Gasteiger charge is -2.42. The summed E-state index contributed by atoms with van der Waals surface area (Å²) >= 11 is 3.05. The van der Waals surface area contributed by atoms with Gasteiger partial charge in [0.2, 0.25) is 0 Å². The topological polar surface area (TPSA) is 23.5 Å². The highest BCUT2D eigenvalue weighted by Gasteiger charge is 2.41. The third-order valence-corrected chi connectivity index (χ3v) is 5.10. The Kier molecular flexibility index (Phi) is 4.82. The minimum Gasteiger partial charge on any atom is -0.386 e. The standard InChI is InChI=1S/C15H20BrF2NO/c1-3-15(2,19-8-4-5-9-19)14(20)12-11(17)7-6-10(16)13(12)18/h6-7,14,20H,3-5,8-9H2,1-2H3. The van der Waals surface area contributed by atoms with Crippen LogP contribution in [-0.4, -0.2) is 28.6 Å². The first kappa shape index (κ1) is 15.9. The van der Waals surface area contributed by atoms with Crippen LogP contribution < -0.4 is 0 Å². The summed E-state index contributed by atoms with van der Waals surface area (Å²) in [7, 11) is 0. The SMILES string of the molecule is CCC(C)(C(O)c1c(F)ccc(Br)c1F)N1CCCC1. The van der Waals surface area contributed by atoms with Gasteiger partial charge in [0, 0.05) is 5.54 Å². The van der Waals surface area contributed by atoms with E-state index in [1.807, 2.05) is 13.8 Å². The van der Waals surface area contributed by atoms with Gasteiger partial charge in [-0.05, 0) is 67.3 Å². The summed E-state index contributed by atoms with van der Waals surface area (Å²) in [4.78, 5) is 2.14. The lowest BCUT2D eigenvalue weighted by Crippen LogP contribution is -2.49. The van der Waals surface area contributed by atoms with E-state index in [-0.39, 0.29) is 10.0 Å². The van der Waals surface area contributed by atoms with Gasteiger partial charge >= 0.3 is 0 Å². The maximum absolute atomic E-state index is 14.2. The van der Waals surface area contributed by atoms with Crippen LogP contribution in [0, 0.1) is 11.6 Å². The van der Waals surface area contributed by atoms with Crippen LogP contribution in [0.15, 0.2) is 16.6 Å². The van der Waals surface area contributed by atoms with Crippen molar-refractivity contribution in [3.63, 3.8) is 0 Å². The third kappa shape index (κ3) is 2.63. The number of rotatable bonds is 4. The number of hydrogen-bond acceptors (Lipinski definition) is 2. The Hall–Kier alpha value is -0.520. The van der Waals surface area contributed by atoms with Crippen molar-refractivity contribution in [2.45, 2.75) is 44.8 Å². The number of aliphatic hydroxyl groups excluding tert-OH is 1. The van der Waals surface area contributed by atoms with Gasteiger partial charge in [0.15, 0.2) is 0 Å². The van der Waals surface area contributed by atoms with Crippen molar-refractivity contribution in [2.24, 2.45) is 0 Å². The molecule has 0 aromatic heterocycles. The minimum absolute atomic E-state index is 0.174. The summed E-state index contributed by atoms with van der Waals surface area (Å²) in [6.07, 6.45) is 1.56. The molecule has 0 spiro atoms. The highest BCUT2D eigenvalue weighted by Crippen LogP contribution is 2.39. The molecule has 1 aromatic rings. The first-order valence-electron chi connectivity index (χ1n) is 6.98. The quantitative estimate of drug-likeness (QED) is 0.831. The van der Waals surface area contributed by atoms with Gasteiger partial charge in [0.25, 0.3) is 0 Å². The summed E-state index contributed by atoms with van der Waals surface area (Å²) < 4.78 is 28.4. The first-order chi connectivity index (χ1) is 9.41. The van der Waals surface area contributed by atoms with Crippen molar-refractivity contribution in [1.29, 1.82) is 0 Å². The maximum Gasteiger partial charge on any atom is 0.146 e. The Morgan fingerprint density at radius 1 is 1.35 bits per heavy atom.